The van der Waals surface area contributed by atoms with E-state index < -0.39 is 4.92 Å². The Morgan fingerprint density at radius 1 is 1.16 bits per heavy atom. The van der Waals surface area contributed by atoms with E-state index in [4.69, 9.17) is 37.7 Å². The van der Waals surface area contributed by atoms with Crippen LogP contribution in [0.5, 0.6) is 11.5 Å². The highest BCUT2D eigenvalue weighted by Gasteiger charge is 2.30. The number of nitrogens with one attached hydrogen (secondary N) is 1. The molecule has 0 radical (unpaired) electrons. The summed E-state index contributed by atoms with van der Waals surface area (Å²) < 4.78 is 13.0. The van der Waals surface area contributed by atoms with Crippen molar-refractivity contribution in [3.63, 3.8) is 0 Å². The highest BCUT2D eigenvalue weighted by molar-refractivity contribution is 6.41. The number of rotatable bonds is 12. The summed E-state index contributed by atoms with van der Waals surface area (Å²) in [6.45, 7) is 5.71. The summed E-state index contributed by atoms with van der Waals surface area (Å²) in [6.07, 6.45) is 8.00. The molecule has 1 fully saturated rings. The number of halogens is 2. The van der Waals surface area contributed by atoms with E-state index in [0.29, 0.717) is 84.0 Å². The van der Waals surface area contributed by atoms with Crippen molar-refractivity contribution in [3.8, 4) is 22.6 Å². The van der Waals surface area contributed by atoms with Crippen LogP contribution >= 0.6 is 23.2 Å². The monoisotopic (exact) mass is 727 g/mol. The molecule has 1 amide bonds. The zero-order valence-electron chi connectivity index (χ0n) is 28.9. The number of hydrogen-bond acceptors (Lipinski definition) is 10. The zero-order chi connectivity index (χ0) is 36.3. The Kier molecular flexibility index (Phi) is 11.1. The number of carbonyl (C=O) groups is 1. The Hall–Kier alpha value is -4.53. The van der Waals surface area contributed by atoms with Crippen LogP contribution in [0.15, 0.2) is 51.7 Å². The summed E-state index contributed by atoms with van der Waals surface area (Å²) in [7, 11) is 6.84. The van der Waals surface area contributed by atoms with Gasteiger partial charge in [-0.15, -0.1) is 0 Å². The molecule has 5 rings (SSSR count). The van der Waals surface area contributed by atoms with Gasteiger partial charge in [0.05, 0.1) is 56.0 Å². The topological polar surface area (TPSA) is 154 Å². The van der Waals surface area contributed by atoms with E-state index >= 15 is 0 Å². The second kappa shape index (κ2) is 15.2. The molecule has 0 spiro atoms. The molecule has 0 atom stereocenters. The first-order valence-corrected chi connectivity index (χ1v) is 17.0. The van der Waals surface area contributed by atoms with Crippen molar-refractivity contribution in [1.82, 2.24) is 19.4 Å². The summed E-state index contributed by atoms with van der Waals surface area (Å²) in [4.78, 5) is 53.4. The van der Waals surface area contributed by atoms with Crippen molar-refractivity contribution in [2.75, 3.05) is 59.8 Å². The lowest BCUT2D eigenvalue weighted by Gasteiger charge is -2.33. The van der Waals surface area contributed by atoms with Gasteiger partial charge in [-0.05, 0) is 43.8 Å². The molecule has 266 valence electrons. The number of anilines is 1. The van der Waals surface area contributed by atoms with E-state index in [1.54, 1.807) is 46.2 Å². The number of likely N-dealkylation sites (N-methyl/N-ethyl adjacent to an activating group) is 1. The van der Waals surface area contributed by atoms with E-state index in [0.717, 1.165) is 0 Å². The van der Waals surface area contributed by atoms with E-state index in [2.05, 4.69) is 15.3 Å². The molecule has 14 nitrogen and oxygen atoms in total. The van der Waals surface area contributed by atoms with Crippen LogP contribution in [0.25, 0.3) is 22.2 Å². The third kappa shape index (κ3) is 7.77. The van der Waals surface area contributed by atoms with Crippen molar-refractivity contribution < 1.29 is 23.7 Å². The second-order valence-corrected chi connectivity index (χ2v) is 14.0. The molecule has 0 aliphatic carbocycles. The van der Waals surface area contributed by atoms with Gasteiger partial charge in [0.15, 0.2) is 0 Å². The number of carbonyl (C=O) groups excluding carboxylic acids is 1. The minimum atomic E-state index is -0.455. The van der Waals surface area contributed by atoms with Crippen LogP contribution in [0.3, 0.4) is 0 Å². The van der Waals surface area contributed by atoms with E-state index in [-0.39, 0.29) is 50.5 Å². The van der Waals surface area contributed by atoms with Gasteiger partial charge in [-0.3, -0.25) is 14.2 Å². The molecule has 16 heteroatoms. The average Bonchev–Trinajstić information content (AvgIpc) is 3.53. The second-order valence-electron chi connectivity index (χ2n) is 13.2. The van der Waals surface area contributed by atoms with E-state index in [1.165, 1.54) is 14.2 Å². The summed E-state index contributed by atoms with van der Waals surface area (Å²) in [5, 5.41) is 15.4. The maximum atomic E-state index is 14.5. The Bertz CT molecular complexity index is 1940. The molecule has 2 aliphatic rings. The Balaban J connectivity index is 1.41. The number of likely N-dealkylation sites (tertiary alicyclic amines) is 1. The molecule has 2 aromatic heterocycles. The number of methoxy groups -OCH3 is 2. The molecule has 1 saturated heterocycles. The van der Waals surface area contributed by atoms with Crippen LogP contribution in [0.1, 0.15) is 39.2 Å². The first kappa shape index (κ1) is 36.7. The van der Waals surface area contributed by atoms with E-state index in [1.807, 2.05) is 27.9 Å². The van der Waals surface area contributed by atoms with Gasteiger partial charge >= 0.3 is 5.82 Å². The van der Waals surface area contributed by atoms with Crippen LogP contribution in [-0.4, -0.2) is 101 Å². The standard InChI is InChI=1S/C34H40Cl2N8O6/c1-20(2)39-34-38-18-22-16-24(28-29(35)25(49-5)17-26(50-6)30(28)36)33(46)42(32(22)40-34)23-10-13-41(14-11-23)27(45)8-7-15-44(3,4)19-21-9-12-37-31(21)43(47)48/h7-8,12,16-18,20,23H,9-11,13-15,19H2,1-6H3/p+1/b8-7+. The number of piperidine rings is 1. The van der Waals surface area contributed by atoms with Crippen molar-refractivity contribution >= 4 is 52.3 Å². The first-order chi connectivity index (χ1) is 23.7. The van der Waals surface area contributed by atoms with Gasteiger partial charge in [-0.25, -0.2) is 4.98 Å². The number of nitrogens with zero attached hydrogens (tertiary/aromatic N) is 7. The molecule has 4 heterocycles. The molecule has 50 heavy (non-hydrogen) atoms. The fourth-order valence-corrected chi connectivity index (χ4v) is 7.00. The first-order valence-electron chi connectivity index (χ1n) is 16.2. The normalized spacial score (nSPS) is 15.5. The summed E-state index contributed by atoms with van der Waals surface area (Å²) in [6, 6.07) is 3.01. The molecular formula is C34H41Cl2N8O6+. The number of aromatic nitrogens is 3. The number of ether oxygens (including phenoxy) is 2. The van der Waals surface area contributed by atoms with Crippen LogP contribution in [0.2, 0.25) is 10.0 Å². The molecule has 0 saturated carbocycles. The lowest BCUT2D eigenvalue weighted by Crippen LogP contribution is -2.42. The number of fused-ring (bicyclic) bond motifs is 1. The lowest BCUT2D eigenvalue weighted by molar-refractivity contribution is -0.880. The van der Waals surface area contributed by atoms with Gasteiger partial charge in [0.1, 0.15) is 29.9 Å². The lowest BCUT2D eigenvalue weighted by atomic mass is 10.0. The van der Waals surface area contributed by atoms with Crippen LogP contribution in [-0.2, 0) is 4.79 Å². The average molecular weight is 729 g/mol. The largest absolute Gasteiger partial charge is 0.495 e. The minimum absolute atomic E-state index is 0.0627. The van der Waals surface area contributed by atoms with Gasteiger partial charge in [-0.1, -0.05) is 28.2 Å². The van der Waals surface area contributed by atoms with Crippen molar-refractivity contribution in [1.29, 1.82) is 0 Å². The number of nitro groups is 1. The third-order valence-electron chi connectivity index (χ3n) is 8.69. The Morgan fingerprint density at radius 2 is 1.82 bits per heavy atom. The van der Waals surface area contributed by atoms with Crippen molar-refractivity contribution in [2.45, 2.75) is 45.2 Å². The molecule has 1 aromatic carbocycles. The molecular weight excluding hydrogens is 687 g/mol. The van der Waals surface area contributed by atoms with Gasteiger partial charge < -0.3 is 34.3 Å². The summed E-state index contributed by atoms with van der Waals surface area (Å²) >= 11 is 13.5. The molecule has 1 N–H and O–H groups in total. The Morgan fingerprint density at radius 3 is 2.42 bits per heavy atom. The third-order valence-corrected chi connectivity index (χ3v) is 9.45. The highest BCUT2D eigenvalue weighted by atomic mass is 35.5. The summed E-state index contributed by atoms with van der Waals surface area (Å²) in [5.74, 6) is 0.754. The Labute approximate surface area is 299 Å². The highest BCUT2D eigenvalue weighted by Crippen LogP contribution is 2.45. The molecule has 3 aromatic rings. The van der Waals surface area contributed by atoms with Gasteiger partial charge in [0, 0.05) is 60.9 Å². The minimum Gasteiger partial charge on any atom is -0.495 e. The number of amides is 1. The molecule has 0 bridgehead atoms. The number of aliphatic imine (C=N–C) groups is 1. The zero-order valence-corrected chi connectivity index (χ0v) is 30.4. The van der Waals surface area contributed by atoms with Crippen molar-refractivity contribution in [2.24, 2.45) is 4.99 Å². The predicted octanol–water partition coefficient (Wildman–Crippen LogP) is 5.36. The fourth-order valence-electron chi connectivity index (χ4n) is 6.29. The maximum absolute atomic E-state index is 14.5. The predicted molar refractivity (Wildman–Crippen MR) is 194 cm³/mol. The van der Waals surface area contributed by atoms with Crippen LogP contribution in [0, 0.1) is 10.1 Å². The van der Waals surface area contributed by atoms with E-state index in [9.17, 15) is 19.7 Å². The maximum Gasteiger partial charge on any atom is 0.368 e. The fraction of sp³-hybridized carbons (Fsp3) is 0.441. The van der Waals surface area contributed by atoms with Gasteiger partial charge in [-0.2, -0.15) is 4.98 Å². The molecule has 2 aliphatic heterocycles. The number of benzene rings is 1. The number of quaternary nitrogens is 1. The summed E-state index contributed by atoms with van der Waals surface area (Å²) in [5.41, 5.74) is 1.29. The number of hydrogen-bond donors (Lipinski definition) is 1. The number of pyridine rings is 1. The van der Waals surface area contributed by atoms with Crippen LogP contribution < -0.4 is 20.3 Å². The van der Waals surface area contributed by atoms with Gasteiger partial charge in [0.2, 0.25) is 11.9 Å². The van der Waals surface area contributed by atoms with Crippen molar-refractivity contribution in [3.05, 3.63) is 72.4 Å². The molecule has 0 unspecified atom stereocenters. The smallest absolute Gasteiger partial charge is 0.368 e. The van der Waals surface area contributed by atoms with Gasteiger partial charge in [0.25, 0.3) is 5.56 Å². The quantitative estimate of drug-likeness (QED) is 0.112. The SMILES string of the molecule is COc1cc(OC)c(Cl)c(-c2cc3cnc(NC(C)C)nc3n(C3CCN(C(=O)/C=C/C[N+](C)(C)CC4=C([N+](=O)[O-])N=CC4)CC3)c2=O)c1Cl. The van der Waals surface area contributed by atoms with Crippen LogP contribution in [0.4, 0.5) is 5.95 Å².